The molecule has 0 aromatic carbocycles. The molecule has 18 heavy (non-hydrogen) atoms. The molecule has 1 rings (SSSR count). The normalized spacial score (nSPS) is 21.8. The third-order valence-electron chi connectivity index (χ3n) is 3.18. The minimum absolute atomic E-state index is 0.107. The van der Waals surface area contributed by atoms with E-state index >= 15 is 0 Å². The van der Waals surface area contributed by atoms with Gasteiger partial charge in [0.1, 0.15) is 0 Å². The molecule has 104 valence electrons. The molecule has 1 aliphatic rings. The number of urea groups is 1. The zero-order valence-electron chi connectivity index (χ0n) is 11.2. The van der Waals surface area contributed by atoms with Crippen molar-refractivity contribution < 1.29 is 19.4 Å². The summed E-state index contributed by atoms with van der Waals surface area (Å²) in [5, 5.41) is 11.8. The molecule has 2 atom stereocenters. The van der Waals surface area contributed by atoms with Gasteiger partial charge in [-0.2, -0.15) is 0 Å². The highest BCUT2D eigenvalue weighted by molar-refractivity contribution is 5.77. The Morgan fingerprint density at radius 1 is 1.50 bits per heavy atom. The van der Waals surface area contributed by atoms with E-state index in [1.807, 2.05) is 20.8 Å². The van der Waals surface area contributed by atoms with E-state index in [9.17, 15) is 9.59 Å². The van der Waals surface area contributed by atoms with Gasteiger partial charge in [-0.15, -0.1) is 0 Å². The molecule has 1 saturated heterocycles. The molecular weight excluding hydrogens is 236 g/mol. The van der Waals surface area contributed by atoms with E-state index in [0.717, 1.165) is 6.42 Å². The Morgan fingerprint density at radius 2 is 2.17 bits per heavy atom. The first-order chi connectivity index (χ1) is 8.45. The van der Waals surface area contributed by atoms with Crippen molar-refractivity contribution in [2.24, 2.45) is 5.92 Å². The van der Waals surface area contributed by atoms with Crippen molar-refractivity contribution in [1.82, 2.24) is 10.2 Å². The van der Waals surface area contributed by atoms with Gasteiger partial charge in [-0.3, -0.25) is 0 Å². The van der Waals surface area contributed by atoms with Crippen LogP contribution in [0, 0.1) is 5.92 Å². The number of hydrogen-bond donors (Lipinski definition) is 2. The molecule has 0 saturated carbocycles. The predicted octanol–water partition coefficient (Wildman–Crippen LogP) is 0.916. The van der Waals surface area contributed by atoms with Gasteiger partial charge in [0.15, 0.2) is 6.10 Å². The van der Waals surface area contributed by atoms with E-state index in [1.54, 1.807) is 0 Å². The summed E-state index contributed by atoms with van der Waals surface area (Å²) >= 11 is 0. The first-order valence-corrected chi connectivity index (χ1v) is 6.35. The molecule has 2 unspecified atom stereocenters. The van der Waals surface area contributed by atoms with Crippen LogP contribution in [0.3, 0.4) is 0 Å². The SMILES string of the molecule is CCC(NC(=O)N1CCOC(C(=O)O)C1)C(C)C. The Hall–Kier alpha value is -1.30. The summed E-state index contributed by atoms with van der Waals surface area (Å²) in [6.45, 7) is 6.93. The number of carbonyl (C=O) groups is 2. The Bertz CT molecular complexity index is 306. The van der Waals surface area contributed by atoms with Crippen LogP contribution >= 0.6 is 0 Å². The molecule has 0 aromatic heterocycles. The highest BCUT2D eigenvalue weighted by atomic mass is 16.5. The summed E-state index contributed by atoms with van der Waals surface area (Å²) in [6.07, 6.45) is -0.0561. The number of amides is 2. The molecular formula is C12H22N2O4. The fourth-order valence-corrected chi connectivity index (χ4v) is 1.97. The summed E-state index contributed by atoms with van der Waals surface area (Å²) in [5.41, 5.74) is 0. The van der Waals surface area contributed by atoms with Crippen LogP contribution in [-0.2, 0) is 9.53 Å². The average molecular weight is 258 g/mol. The summed E-state index contributed by atoms with van der Waals surface area (Å²) in [7, 11) is 0. The molecule has 2 N–H and O–H groups in total. The van der Waals surface area contributed by atoms with Crippen LogP contribution in [-0.4, -0.2) is 53.8 Å². The molecule has 0 bridgehead atoms. The van der Waals surface area contributed by atoms with E-state index in [-0.39, 0.29) is 25.2 Å². The van der Waals surface area contributed by atoms with E-state index in [2.05, 4.69) is 5.32 Å². The lowest BCUT2D eigenvalue weighted by atomic mass is 10.0. The van der Waals surface area contributed by atoms with Crippen molar-refractivity contribution in [3.05, 3.63) is 0 Å². The number of nitrogens with one attached hydrogen (secondary N) is 1. The van der Waals surface area contributed by atoms with E-state index in [4.69, 9.17) is 9.84 Å². The number of morpholine rings is 1. The number of nitrogens with zero attached hydrogens (tertiary/aromatic N) is 1. The Kier molecular flexibility index (Phi) is 5.40. The topological polar surface area (TPSA) is 78.9 Å². The first kappa shape index (κ1) is 14.8. The molecule has 0 radical (unpaired) electrons. The summed E-state index contributed by atoms with van der Waals surface area (Å²) in [5.74, 6) is -0.668. The second-order valence-corrected chi connectivity index (χ2v) is 4.85. The highest BCUT2D eigenvalue weighted by Crippen LogP contribution is 2.09. The Balaban J connectivity index is 2.53. The van der Waals surface area contributed by atoms with Gasteiger partial charge in [0.05, 0.1) is 13.2 Å². The molecule has 0 aliphatic carbocycles. The molecule has 0 spiro atoms. The number of aliphatic carboxylic acids is 1. The molecule has 1 heterocycles. The summed E-state index contributed by atoms with van der Waals surface area (Å²) in [4.78, 5) is 24.3. The molecule has 6 nitrogen and oxygen atoms in total. The van der Waals surface area contributed by atoms with Crippen LogP contribution in [0.4, 0.5) is 4.79 Å². The van der Waals surface area contributed by atoms with Gasteiger partial charge in [0.2, 0.25) is 0 Å². The lowest BCUT2D eigenvalue weighted by Crippen LogP contribution is -2.54. The second-order valence-electron chi connectivity index (χ2n) is 4.85. The Morgan fingerprint density at radius 3 is 2.67 bits per heavy atom. The number of ether oxygens (including phenoxy) is 1. The van der Waals surface area contributed by atoms with Crippen LogP contribution in [0.2, 0.25) is 0 Å². The second kappa shape index (κ2) is 6.58. The molecule has 6 heteroatoms. The van der Waals surface area contributed by atoms with Gasteiger partial charge in [-0.25, -0.2) is 9.59 Å². The van der Waals surface area contributed by atoms with Crippen LogP contribution in [0.15, 0.2) is 0 Å². The lowest BCUT2D eigenvalue weighted by Gasteiger charge is -2.33. The summed E-state index contributed by atoms with van der Waals surface area (Å²) in [6, 6.07) is -0.0891. The van der Waals surface area contributed by atoms with Crippen molar-refractivity contribution >= 4 is 12.0 Å². The average Bonchev–Trinajstić information content (AvgIpc) is 2.35. The van der Waals surface area contributed by atoms with Gasteiger partial charge in [0.25, 0.3) is 0 Å². The van der Waals surface area contributed by atoms with Crippen LogP contribution in [0.5, 0.6) is 0 Å². The molecule has 1 fully saturated rings. The third kappa shape index (κ3) is 3.87. The van der Waals surface area contributed by atoms with Crippen LogP contribution < -0.4 is 5.32 Å². The number of rotatable bonds is 4. The fourth-order valence-electron chi connectivity index (χ4n) is 1.97. The van der Waals surface area contributed by atoms with E-state index < -0.39 is 12.1 Å². The Labute approximate surface area is 107 Å². The van der Waals surface area contributed by atoms with Gasteiger partial charge in [0, 0.05) is 12.6 Å². The largest absolute Gasteiger partial charge is 0.479 e. The van der Waals surface area contributed by atoms with Crippen molar-refractivity contribution in [3.8, 4) is 0 Å². The quantitative estimate of drug-likeness (QED) is 0.785. The number of carboxylic acids is 1. The maximum atomic E-state index is 12.0. The molecule has 1 aliphatic heterocycles. The zero-order valence-corrected chi connectivity index (χ0v) is 11.2. The van der Waals surface area contributed by atoms with Crippen LogP contribution in [0.25, 0.3) is 0 Å². The number of carboxylic acid groups (broad SMARTS) is 1. The van der Waals surface area contributed by atoms with Gasteiger partial charge in [-0.05, 0) is 12.3 Å². The first-order valence-electron chi connectivity index (χ1n) is 6.35. The monoisotopic (exact) mass is 258 g/mol. The lowest BCUT2D eigenvalue weighted by molar-refractivity contribution is -0.154. The summed E-state index contributed by atoms with van der Waals surface area (Å²) < 4.78 is 5.08. The van der Waals surface area contributed by atoms with Gasteiger partial charge >= 0.3 is 12.0 Å². The van der Waals surface area contributed by atoms with Gasteiger partial charge in [-0.1, -0.05) is 20.8 Å². The predicted molar refractivity (Wildman–Crippen MR) is 66.4 cm³/mol. The van der Waals surface area contributed by atoms with Crippen molar-refractivity contribution in [3.63, 3.8) is 0 Å². The smallest absolute Gasteiger partial charge is 0.334 e. The van der Waals surface area contributed by atoms with Crippen molar-refractivity contribution in [1.29, 1.82) is 0 Å². The minimum atomic E-state index is -1.02. The standard InChI is InChI=1S/C12H22N2O4/c1-4-9(8(2)3)13-12(17)14-5-6-18-10(7-14)11(15)16/h8-10H,4-7H2,1-3H3,(H,13,17)(H,15,16). The van der Waals surface area contributed by atoms with E-state index in [0.29, 0.717) is 12.5 Å². The van der Waals surface area contributed by atoms with Crippen molar-refractivity contribution in [2.75, 3.05) is 19.7 Å². The highest BCUT2D eigenvalue weighted by Gasteiger charge is 2.29. The van der Waals surface area contributed by atoms with Crippen molar-refractivity contribution in [2.45, 2.75) is 39.3 Å². The van der Waals surface area contributed by atoms with Gasteiger partial charge < -0.3 is 20.1 Å². The number of hydrogen-bond acceptors (Lipinski definition) is 3. The van der Waals surface area contributed by atoms with Crippen LogP contribution in [0.1, 0.15) is 27.2 Å². The molecule has 0 aromatic rings. The molecule has 2 amide bonds. The fraction of sp³-hybridized carbons (Fsp3) is 0.833. The zero-order chi connectivity index (χ0) is 13.7. The minimum Gasteiger partial charge on any atom is -0.479 e. The third-order valence-corrected chi connectivity index (χ3v) is 3.18. The maximum absolute atomic E-state index is 12.0. The van der Waals surface area contributed by atoms with E-state index in [1.165, 1.54) is 4.90 Å². The number of carbonyl (C=O) groups excluding carboxylic acids is 1. The maximum Gasteiger partial charge on any atom is 0.334 e.